The topological polar surface area (TPSA) is 128 Å². The number of fused-ring (bicyclic) bond motifs is 1. The van der Waals surface area contributed by atoms with Crippen LogP contribution in [0, 0.1) is 0 Å². The van der Waals surface area contributed by atoms with Crippen molar-refractivity contribution in [1.82, 2.24) is 0 Å². The third-order valence-corrected chi connectivity index (χ3v) is 3.44. The van der Waals surface area contributed by atoms with Gasteiger partial charge >= 0.3 is 29.6 Å². The molecule has 0 saturated carbocycles. The van der Waals surface area contributed by atoms with Crippen LogP contribution in [0.5, 0.6) is 5.75 Å². The molecule has 0 atom stereocenters. The van der Waals surface area contributed by atoms with Crippen molar-refractivity contribution in [1.29, 1.82) is 0 Å². The van der Waals surface area contributed by atoms with Crippen LogP contribution < -0.4 is 35.3 Å². The van der Waals surface area contributed by atoms with Gasteiger partial charge < -0.3 is 15.4 Å². The second kappa shape index (κ2) is 6.77. The molecule has 7 nitrogen and oxygen atoms in total. The first-order valence-electron chi connectivity index (χ1n) is 5.22. The number of nitrogens with zero attached hydrogens (tertiary/aromatic N) is 2. The van der Waals surface area contributed by atoms with Gasteiger partial charge in [-0.2, -0.15) is 0 Å². The Labute approximate surface area is 147 Å². The summed E-state index contributed by atoms with van der Waals surface area (Å²) in [5.74, 6) is -0.312. The zero-order chi connectivity index (χ0) is 14.9. The number of azo groups is 1. The summed E-state index contributed by atoms with van der Waals surface area (Å²) in [6.45, 7) is 0. The molecule has 2 aromatic carbocycles. The van der Waals surface area contributed by atoms with E-state index in [1.165, 1.54) is 12.1 Å². The van der Waals surface area contributed by atoms with Crippen molar-refractivity contribution in [2.24, 2.45) is 16.0 Å². The number of aromatic hydroxyl groups is 1. The van der Waals surface area contributed by atoms with Crippen LogP contribution in [-0.4, -0.2) is 23.2 Å². The monoisotopic (exact) mass is 333 g/mol. The maximum atomic E-state index is 11.3. The van der Waals surface area contributed by atoms with Crippen LogP contribution in [0.15, 0.2) is 45.5 Å². The van der Waals surface area contributed by atoms with Gasteiger partial charge in [0, 0.05) is 10.8 Å². The van der Waals surface area contributed by atoms with Gasteiger partial charge in [-0.25, -0.2) is 8.42 Å². The van der Waals surface area contributed by atoms with E-state index >= 15 is 0 Å². The second-order valence-corrected chi connectivity index (χ2v) is 5.55. The smallest absolute Gasteiger partial charge is 0.744 e. The Morgan fingerprint density at radius 1 is 1.29 bits per heavy atom. The second-order valence-electron chi connectivity index (χ2n) is 3.78. The van der Waals surface area contributed by atoms with Gasteiger partial charge in [0.05, 0.1) is 4.90 Å². The maximum absolute atomic E-state index is 11.3. The molecule has 0 bridgehead atoms. The van der Waals surface area contributed by atoms with E-state index in [9.17, 15) is 18.1 Å². The number of benzene rings is 2. The van der Waals surface area contributed by atoms with Crippen molar-refractivity contribution in [3.05, 3.63) is 30.3 Å². The fourth-order valence-corrected chi connectivity index (χ4v) is 2.44. The molecule has 0 radical (unpaired) electrons. The van der Waals surface area contributed by atoms with Gasteiger partial charge in [-0.05, 0) is 18.3 Å². The molecule has 0 amide bonds. The van der Waals surface area contributed by atoms with Crippen molar-refractivity contribution in [2.45, 2.75) is 4.90 Å². The molecular weight excluding hydrogens is 325 g/mol. The summed E-state index contributed by atoms with van der Waals surface area (Å²) >= 11 is 4.50. The van der Waals surface area contributed by atoms with Crippen LogP contribution in [-0.2, 0) is 10.1 Å². The van der Waals surface area contributed by atoms with Crippen LogP contribution in [0.25, 0.3) is 10.8 Å². The average Bonchev–Trinajstić information content (AvgIpc) is 2.36. The van der Waals surface area contributed by atoms with E-state index in [0.29, 0.717) is 0 Å². The third kappa shape index (κ3) is 3.96. The molecule has 0 unspecified atom stereocenters. The predicted molar refractivity (Wildman–Crippen MR) is 74.9 cm³/mol. The zero-order valence-corrected chi connectivity index (χ0v) is 14.5. The first-order chi connectivity index (χ1) is 9.30. The molecule has 10 heteroatoms. The normalized spacial score (nSPS) is 11.5. The number of hydrogen-bond donors (Lipinski definition) is 2. The fraction of sp³-hybridized carbons (Fsp3) is 0. The molecule has 2 rings (SSSR count). The van der Waals surface area contributed by atoms with E-state index in [2.05, 4.69) is 22.4 Å². The minimum Gasteiger partial charge on any atom is -0.744 e. The first kappa shape index (κ1) is 18.0. The van der Waals surface area contributed by atoms with Crippen LogP contribution >= 0.6 is 12.2 Å². The van der Waals surface area contributed by atoms with Gasteiger partial charge in [0.1, 0.15) is 15.8 Å². The standard InChI is InChI=1S/C11H9N3O4S2.Na/c12-11(19)14-13-8-5-9(20(16,17)18)6-3-1-2-4-7(6)10(8)15;/h1-5,15H,(H2,12,19)(H,16,17,18);/q;+1/p-1. The van der Waals surface area contributed by atoms with Crippen LogP contribution in [0.1, 0.15) is 0 Å². The summed E-state index contributed by atoms with van der Waals surface area (Å²) in [7, 11) is -4.73. The summed E-state index contributed by atoms with van der Waals surface area (Å²) < 4.78 is 33.9. The molecule has 0 aliphatic rings. The number of rotatable bonds is 2. The summed E-state index contributed by atoms with van der Waals surface area (Å²) in [6.07, 6.45) is 0. The molecular formula is C11H8N3NaO4S2. The van der Waals surface area contributed by atoms with E-state index in [-0.39, 0.29) is 56.9 Å². The third-order valence-electron chi connectivity index (χ3n) is 2.48. The van der Waals surface area contributed by atoms with Crippen LogP contribution in [0.2, 0.25) is 0 Å². The number of phenolic OH excluding ortho intramolecular Hbond substituents is 1. The van der Waals surface area contributed by atoms with Gasteiger partial charge in [0.25, 0.3) is 0 Å². The van der Waals surface area contributed by atoms with Gasteiger partial charge in [0.2, 0.25) is 5.11 Å². The Hall–Kier alpha value is -1.10. The fourth-order valence-electron chi connectivity index (χ4n) is 1.70. The number of nitrogens with two attached hydrogens (primary N) is 1. The van der Waals surface area contributed by atoms with Gasteiger partial charge in [-0.3, -0.25) is 0 Å². The molecule has 0 spiro atoms. The maximum Gasteiger partial charge on any atom is 1.00 e. The summed E-state index contributed by atoms with van der Waals surface area (Å²) in [6, 6.07) is 6.93. The molecule has 21 heavy (non-hydrogen) atoms. The molecule has 0 heterocycles. The summed E-state index contributed by atoms with van der Waals surface area (Å²) in [5.41, 5.74) is 4.93. The van der Waals surface area contributed by atoms with Gasteiger partial charge in [0.15, 0.2) is 5.75 Å². The quantitative estimate of drug-likeness (QED) is 0.307. The molecule has 0 aliphatic heterocycles. The Morgan fingerprint density at radius 2 is 1.86 bits per heavy atom. The van der Waals surface area contributed by atoms with Crippen molar-refractivity contribution < 1.29 is 47.6 Å². The SMILES string of the molecule is NC(=S)N=Nc1cc(S(=O)(=O)[O-])c2ccccc2c1O.[Na+]. The predicted octanol–water partition coefficient (Wildman–Crippen LogP) is -1.22. The Balaban J connectivity index is 0.00000220. The van der Waals surface area contributed by atoms with E-state index in [0.717, 1.165) is 6.07 Å². The summed E-state index contributed by atoms with van der Waals surface area (Å²) in [5, 5.41) is 16.9. The molecule has 0 aromatic heterocycles. The summed E-state index contributed by atoms with van der Waals surface area (Å²) in [4.78, 5) is -0.497. The molecule has 3 N–H and O–H groups in total. The Morgan fingerprint density at radius 3 is 2.38 bits per heavy atom. The van der Waals surface area contributed by atoms with E-state index in [4.69, 9.17) is 5.73 Å². The zero-order valence-electron chi connectivity index (χ0n) is 10.8. The molecule has 104 valence electrons. The average molecular weight is 333 g/mol. The number of thiocarbonyl (C=S) groups is 1. The Kier molecular flexibility index (Phi) is 5.79. The van der Waals surface area contributed by atoms with E-state index < -0.39 is 15.0 Å². The van der Waals surface area contributed by atoms with E-state index in [1.54, 1.807) is 12.1 Å². The van der Waals surface area contributed by atoms with Crippen molar-refractivity contribution >= 4 is 43.9 Å². The van der Waals surface area contributed by atoms with E-state index in [1.807, 2.05) is 0 Å². The minimum absolute atomic E-state index is 0. The van der Waals surface area contributed by atoms with Gasteiger partial charge in [-0.1, -0.05) is 24.3 Å². The molecule has 0 saturated heterocycles. The van der Waals surface area contributed by atoms with Crippen molar-refractivity contribution in [2.75, 3.05) is 0 Å². The van der Waals surface area contributed by atoms with Gasteiger partial charge in [-0.15, -0.1) is 10.2 Å². The molecule has 0 aliphatic carbocycles. The molecule has 0 fully saturated rings. The minimum atomic E-state index is -4.73. The van der Waals surface area contributed by atoms with Crippen LogP contribution in [0.4, 0.5) is 5.69 Å². The van der Waals surface area contributed by atoms with Crippen molar-refractivity contribution in [3.8, 4) is 5.75 Å². The Bertz CT molecular complexity index is 837. The number of hydrogen-bond acceptors (Lipinski definition) is 6. The first-order valence-corrected chi connectivity index (χ1v) is 7.04. The number of phenols is 1. The molecule has 2 aromatic rings. The van der Waals surface area contributed by atoms with Crippen LogP contribution in [0.3, 0.4) is 0 Å². The largest absolute Gasteiger partial charge is 1.00 e. The van der Waals surface area contributed by atoms with Crippen molar-refractivity contribution in [3.63, 3.8) is 0 Å².